The second-order valence-corrected chi connectivity index (χ2v) is 9.67. The van der Waals surface area contributed by atoms with Crippen molar-refractivity contribution in [1.82, 2.24) is 15.1 Å². The van der Waals surface area contributed by atoms with Crippen molar-refractivity contribution >= 4 is 11.8 Å². The molecule has 0 fully saturated rings. The van der Waals surface area contributed by atoms with Crippen LogP contribution in [0.5, 0.6) is 11.5 Å². The zero-order chi connectivity index (χ0) is 23.5. The molecule has 0 aliphatic heterocycles. The number of thioether (sulfide) groups is 1. The Morgan fingerprint density at radius 3 is 2.42 bits per heavy atom. The molecular weight excluding hydrogens is 434 g/mol. The standard InChI is InChI=1S/C26H35N3O3S/c1-4-33-24(22-12-8-9-13-23(22)30)26-28-27-25(32-26)20-14-16-21(17-15-20)31-19-11-7-5-6-10-18-29(2)3/h8-9,12-17,24,30H,4-7,10-11,18-19H2,1-3H3. The molecule has 6 nitrogen and oxygen atoms in total. The summed E-state index contributed by atoms with van der Waals surface area (Å²) >= 11 is 1.65. The molecule has 33 heavy (non-hydrogen) atoms. The predicted molar refractivity (Wildman–Crippen MR) is 135 cm³/mol. The second-order valence-electron chi connectivity index (χ2n) is 8.28. The van der Waals surface area contributed by atoms with Crippen LogP contribution in [0.3, 0.4) is 0 Å². The molecule has 1 aromatic heterocycles. The highest BCUT2D eigenvalue weighted by Crippen LogP contribution is 2.39. The fourth-order valence-corrected chi connectivity index (χ4v) is 4.52. The van der Waals surface area contributed by atoms with Gasteiger partial charge < -0.3 is 19.2 Å². The number of aromatic nitrogens is 2. The van der Waals surface area contributed by atoms with Gasteiger partial charge in [-0.2, -0.15) is 0 Å². The van der Waals surface area contributed by atoms with Crippen molar-refractivity contribution in [3.63, 3.8) is 0 Å². The second kappa shape index (κ2) is 13.3. The Morgan fingerprint density at radius 1 is 0.970 bits per heavy atom. The van der Waals surface area contributed by atoms with Crippen LogP contribution in [-0.2, 0) is 0 Å². The molecule has 1 atom stereocenters. The van der Waals surface area contributed by atoms with E-state index in [4.69, 9.17) is 9.15 Å². The number of para-hydroxylation sites is 1. The normalized spacial score (nSPS) is 12.2. The summed E-state index contributed by atoms with van der Waals surface area (Å²) in [6.07, 6.45) is 6.06. The van der Waals surface area contributed by atoms with Crippen molar-refractivity contribution in [3.8, 4) is 23.0 Å². The summed E-state index contributed by atoms with van der Waals surface area (Å²) in [5.41, 5.74) is 1.63. The minimum Gasteiger partial charge on any atom is -0.508 e. The summed E-state index contributed by atoms with van der Waals surface area (Å²) in [6, 6.07) is 15.0. The molecule has 0 saturated heterocycles. The summed E-state index contributed by atoms with van der Waals surface area (Å²) in [4.78, 5) is 2.23. The zero-order valence-corrected chi connectivity index (χ0v) is 20.7. The van der Waals surface area contributed by atoms with Gasteiger partial charge >= 0.3 is 0 Å². The van der Waals surface area contributed by atoms with E-state index in [0.717, 1.165) is 42.2 Å². The van der Waals surface area contributed by atoms with Crippen LogP contribution in [0.2, 0.25) is 0 Å². The van der Waals surface area contributed by atoms with Crippen molar-refractivity contribution in [2.24, 2.45) is 0 Å². The lowest BCUT2D eigenvalue weighted by atomic mass is 10.1. The minimum absolute atomic E-state index is 0.206. The van der Waals surface area contributed by atoms with Gasteiger partial charge in [-0.15, -0.1) is 22.0 Å². The van der Waals surface area contributed by atoms with E-state index in [1.807, 2.05) is 42.5 Å². The molecular formula is C26H35N3O3S. The zero-order valence-electron chi connectivity index (χ0n) is 19.9. The van der Waals surface area contributed by atoms with E-state index in [9.17, 15) is 5.11 Å². The first-order valence-electron chi connectivity index (χ1n) is 11.7. The van der Waals surface area contributed by atoms with Crippen molar-refractivity contribution in [1.29, 1.82) is 0 Å². The first-order valence-corrected chi connectivity index (χ1v) is 12.7. The van der Waals surface area contributed by atoms with E-state index >= 15 is 0 Å². The van der Waals surface area contributed by atoms with Crippen molar-refractivity contribution < 1.29 is 14.3 Å². The fraction of sp³-hybridized carbons (Fsp3) is 0.462. The number of hydrogen-bond donors (Lipinski definition) is 1. The lowest BCUT2D eigenvalue weighted by Gasteiger charge is -2.13. The van der Waals surface area contributed by atoms with Crippen molar-refractivity contribution in [3.05, 3.63) is 60.0 Å². The van der Waals surface area contributed by atoms with E-state index in [2.05, 4.69) is 36.1 Å². The Balaban J connectivity index is 1.51. The SMILES string of the molecule is CCSC(c1nnc(-c2ccc(OCCCCCCCN(C)C)cc2)o1)c1ccccc1O. The van der Waals surface area contributed by atoms with E-state index < -0.39 is 0 Å². The fourth-order valence-electron chi connectivity index (χ4n) is 3.57. The number of unbranched alkanes of at least 4 members (excludes halogenated alkanes) is 4. The van der Waals surface area contributed by atoms with Crippen LogP contribution >= 0.6 is 11.8 Å². The molecule has 0 aliphatic carbocycles. The Kier molecular flexibility index (Phi) is 10.1. The average Bonchev–Trinajstić information content (AvgIpc) is 3.30. The van der Waals surface area contributed by atoms with Gasteiger partial charge in [-0.05, 0) is 69.6 Å². The Hall–Kier alpha value is -2.51. The Bertz CT molecular complexity index is 959. The molecule has 1 N–H and O–H groups in total. The average molecular weight is 470 g/mol. The monoisotopic (exact) mass is 469 g/mol. The van der Waals surface area contributed by atoms with Gasteiger partial charge in [0, 0.05) is 11.1 Å². The van der Waals surface area contributed by atoms with Crippen molar-refractivity contribution in [2.45, 2.75) is 44.3 Å². The van der Waals surface area contributed by atoms with Gasteiger partial charge in [0.05, 0.1) is 6.61 Å². The quantitative estimate of drug-likeness (QED) is 0.283. The maximum absolute atomic E-state index is 10.3. The van der Waals surface area contributed by atoms with Gasteiger partial charge in [0.2, 0.25) is 11.8 Å². The van der Waals surface area contributed by atoms with Crippen LogP contribution in [0.1, 0.15) is 55.7 Å². The highest BCUT2D eigenvalue weighted by Gasteiger charge is 2.23. The molecule has 1 unspecified atom stereocenters. The van der Waals surface area contributed by atoms with Crippen LogP contribution in [0.25, 0.3) is 11.5 Å². The maximum atomic E-state index is 10.3. The predicted octanol–water partition coefficient (Wildman–Crippen LogP) is 6.18. The third-order valence-corrected chi connectivity index (χ3v) is 6.46. The minimum atomic E-state index is -0.206. The molecule has 0 spiro atoms. The number of rotatable bonds is 14. The summed E-state index contributed by atoms with van der Waals surface area (Å²) in [5.74, 6) is 2.90. The molecule has 0 saturated carbocycles. The van der Waals surface area contributed by atoms with Gasteiger partial charge in [0.15, 0.2) is 0 Å². The number of phenols is 1. The van der Waals surface area contributed by atoms with Gasteiger partial charge in [-0.3, -0.25) is 0 Å². The van der Waals surface area contributed by atoms with E-state index in [1.54, 1.807) is 17.8 Å². The lowest BCUT2D eigenvalue weighted by Crippen LogP contribution is -2.12. The van der Waals surface area contributed by atoms with Crippen LogP contribution < -0.4 is 4.74 Å². The van der Waals surface area contributed by atoms with E-state index in [0.29, 0.717) is 11.8 Å². The van der Waals surface area contributed by atoms with E-state index in [1.165, 1.54) is 25.7 Å². The Morgan fingerprint density at radius 2 is 1.70 bits per heavy atom. The first-order chi connectivity index (χ1) is 16.1. The topological polar surface area (TPSA) is 71.6 Å². The molecule has 3 aromatic rings. The molecule has 2 aromatic carbocycles. The highest BCUT2D eigenvalue weighted by molar-refractivity contribution is 7.99. The number of phenolic OH excluding ortho intramolecular Hbond substituents is 1. The summed E-state index contributed by atoms with van der Waals surface area (Å²) in [5, 5.41) is 18.6. The lowest BCUT2D eigenvalue weighted by molar-refractivity contribution is 0.303. The number of benzene rings is 2. The van der Waals surface area contributed by atoms with Crippen LogP contribution in [0.4, 0.5) is 0 Å². The summed E-state index contributed by atoms with van der Waals surface area (Å²) in [7, 11) is 4.24. The van der Waals surface area contributed by atoms with Crippen LogP contribution in [0.15, 0.2) is 52.9 Å². The first kappa shape index (κ1) is 25.1. The number of ether oxygens (including phenoxy) is 1. The molecule has 1 heterocycles. The van der Waals surface area contributed by atoms with Gasteiger partial charge in [-0.25, -0.2) is 0 Å². The molecule has 0 aliphatic rings. The van der Waals surface area contributed by atoms with E-state index in [-0.39, 0.29) is 11.0 Å². The molecule has 0 radical (unpaired) electrons. The molecule has 0 amide bonds. The maximum Gasteiger partial charge on any atom is 0.247 e. The third-order valence-electron chi connectivity index (χ3n) is 5.34. The third kappa shape index (κ3) is 7.79. The Labute approximate surface area is 201 Å². The van der Waals surface area contributed by atoms with Gasteiger partial charge in [-0.1, -0.05) is 44.4 Å². The van der Waals surface area contributed by atoms with Crippen LogP contribution in [-0.4, -0.2) is 53.2 Å². The molecule has 3 rings (SSSR count). The van der Waals surface area contributed by atoms with Gasteiger partial charge in [0.25, 0.3) is 0 Å². The number of aromatic hydroxyl groups is 1. The summed E-state index contributed by atoms with van der Waals surface area (Å²) in [6.45, 7) is 3.96. The number of nitrogens with zero attached hydrogens (tertiary/aromatic N) is 3. The molecule has 7 heteroatoms. The summed E-state index contributed by atoms with van der Waals surface area (Å²) < 4.78 is 11.9. The highest BCUT2D eigenvalue weighted by atomic mass is 32.2. The van der Waals surface area contributed by atoms with Gasteiger partial charge in [0.1, 0.15) is 16.7 Å². The van der Waals surface area contributed by atoms with Crippen molar-refractivity contribution in [2.75, 3.05) is 33.0 Å². The van der Waals surface area contributed by atoms with Crippen LogP contribution in [0, 0.1) is 0 Å². The molecule has 0 bridgehead atoms. The largest absolute Gasteiger partial charge is 0.508 e. The smallest absolute Gasteiger partial charge is 0.247 e. The molecule has 178 valence electrons. The number of hydrogen-bond acceptors (Lipinski definition) is 7.